The number of piperidine rings is 1. The van der Waals surface area contributed by atoms with Gasteiger partial charge in [0.2, 0.25) is 0 Å². The molecule has 9 heteroatoms. The van der Waals surface area contributed by atoms with E-state index in [9.17, 15) is 39.6 Å². The number of carboxylic acid groups (broad SMARTS) is 4. The Balaban J connectivity index is 3.90. The number of carboxylic acids is 4. The van der Waals surface area contributed by atoms with E-state index in [2.05, 4.69) is 0 Å². The SMILES string of the molecule is CCC(C(=O)O)(C1CC(C)(C)N(C)C(C)(C)C1)C(C(=O)O)(C(=O)O)C(=O)O. The molecule has 1 aliphatic rings. The third-order valence-electron chi connectivity index (χ3n) is 6.58. The predicted octanol–water partition coefficient (Wildman–Crippen LogP) is 1.61. The van der Waals surface area contributed by atoms with Crippen molar-refractivity contribution in [3.8, 4) is 0 Å². The fourth-order valence-corrected chi connectivity index (χ4v) is 4.91. The van der Waals surface area contributed by atoms with Crippen LogP contribution in [-0.4, -0.2) is 67.3 Å². The van der Waals surface area contributed by atoms with Crippen molar-refractivity contribution >= 4 is 23.9 Å². The van der Waals surface area contributed by atoms with Crippen LogP contribution in [0.25, 0.3) is 0 Å². The Labute approximate surface area is 158 Å². The van der Waals surface area contributed by atoms with E-state index >= 15 is 0 Å². The summed E-state index contributed by atoms with van der Waals surface area (Å²) in [5.41, 5.74) is -7.21. The van der Waals surface area contributed by atoms with Gasteiger partial charge in [0.05, 0.1) is 0 Å². The van der Waals surface area contributed by atoms with Crippen molar-refractivity contribution < 1.29 is 39.6 Å². The second kappa shape index (κ2) is 6.78. The maximum Gasteiger partial charge on any atom is 0.333 e. The summed E-state index contributed by atoms with van der Waals surface area (Å²) in [6.45, 7) is 8.69. The van der Waals surface area contributed by atoms with Crippen molar-refractivity contribution in [2.75, 3.05) is 7.05 Å². The van der Waals surface area contributed by atoms with E-state index in [0.29, 0.717) is 0 Å². The first-order chi connectivity index (χ1) is 12.1. The highest BCUT2D eigenvalue weighted by molar-refractivity contribution is 6.20. The van der Waals surface area contributed by atoms with Gasteiger partial charge in [-0.05, 0) is 59.9 Å². The summed E-state index contributed by atoms with van der Waals surface area (Å²) < 4.78 is 0. The third kappa shape index (κ3) is 2.97. The Bertz CT molecular complexity index is 614. The van der Waals surface area contributed by atoms with Crippen LogP contribution in [0.5, 0.6) is 0 Å². The molecule has 0 bridgehead atoms. The minimum Gasteiger partial charge on any atom is -0.481 e. The lowest BCUT2D eigenvalue weighted by Crippen LogP contribution is -2.68. The number of likely N-dealkylation sites (tertiary alicyclic amines) is 1. The normalized spacial score (nSPS) is 22.6. The molecule has 0 aromatic heterocycles. The molecule has 1 saturated heterocycles. The predicted molar refractivity (Wildman–Crippen MR) is 94.3 cm³/mol. The molecule has 4 N–H and O–H groups in total. The lowest BCUT2D eigenvalue weighted by Gasteiger charge is -2.58. The highest BCUT2D eigenvalue weighted by Crippen LogP contribution is 2.57. The van der Waals surface area contributed by atoms with E-state index in [-0.39, 0.29) is 12.8 Å². The monoisotopic (exact) mass is 387 g/mol. The van der Waals surface area contributed by atoms with Gasteiger partial charge in [-0.2, -0.15) is 0 Å². The fraction of sp³-hybridized carbons (Fsp3) is 0.778. The van der Waals surface area contributed by atoms with Crippen molar-refractivity contribution in [1.29, 1.82) is 0 Å². The number of aliphatic carboxylic acids is 4. The molecule has 1 atom stereocenters. The molecule has 0 aromatic rings. The Morgan fingerprint density at radius 2 is 1.19 bits per heavy atom. The van der Waals surface area contributed by atoms with Gasteiger partial charge in [0.1, 0.15) is 5.41 Å². The second-order valence-electron chi connectivity index (χ2n) is 8.58. The molecule has 0 aliphatic carbocycles. The number of hydrogen-bond acceptors (Lipinski definition) is 5. The van der Waals surface area contributed by atoms with E-state index in [1.165, 1.54) is 6.92 Å². The Hall–Kier alpha value is -2.16. The van der Waals surface area contributed by atoms with Gasteiger partial charge in [-0.15, -0.1) is 0 Å². The van der Waals surface area contributed by atoms with Gasteiger partial charge in [-0.1, -0.05) is 6.92 Å². The summed E-state index contributed by atoms with van der Waals surface area (Å²) >= 11 is 0. The van der Waals surface area contributed by atoms with Crippen LogP contribution in [0.4, 0.5) is 0 Å². The molecular formula is C18H29NO8. The minimum absolute atomic E-state index is 0.142. The lowest BCUT2D eigenvalue weighted by atomic mass is 9.50. The van der Waals surface area contributed by atoms with Crippen LogP contribution < -0.4 is 0 Å². The number of hydrogen-bond donors (Lipinski definition) is 4. The summed E-state index contributed by atoms with van der Waals surface area (Å²) in [5, 5.41) is 39.1. The molecule has 1 heterocycles. The van der Waals surface area contributed by atoms with Gasteiger partial charge in [0.25, 0.3) is 5.41 Å². The molecule has 1 rings (SSSR count). The highest BCUT2D eigenvalue weighted by Gasteiger charge is 2.74. The molecule has 154 valence electrons. The van der Waals surface area contributed by atoms with Crippen LogP contribution in [0.1, 0.15) is 53.9 Å². The van der Waals surface area contributed by atoms with Crippen LogP contribution in [0.2, 0.25) is 0 Å². The van der Waals surface area contributed by atoms with Crippen LogP contribution in [0.15, 0.2) is 0 Å². The van der Waals surface area contributed by atoms with Gasteiger partial charge in [-0.25, -0.2) is 0 Å². The zero-order valence-electron chi connectivity index (χ0n) is 16.6. The molecule has 0 spiro atoms. The van der Waals surface area contributed by atoms with Crippen LogP contribution in [-0.2, 0) is 19.2 Å². The molecule has 1 unspecified atom stereocenters. The van der Waals surface area contributed by atoms with Gasteiger partial charge < -0.3 is 20.4 Å². The van der Waals surface area contributed by atoms with Crippen molar-refractivity contribution in [1.82, 2.24) is 4.90 Å². The number of nitrogens with zero attached hydrogens (tertiary/aromatic N) is 1. The number of rotatable bonds is 7. The van der Waals surface area contributed by atoms with Crippen molar-refractivity contribution in [2.24, 2.45) is 16.7 Å². The molecule has 0 aromatic carbocycles. The summed E-state index contributed by atoms with van der Waals surface area (Å²) in [7, 11) is 1.85. The average Bonchev–Trinajstić information content (AvgIpc) is 2.47. The van der Waals surface area contributed by atoms with Crippen molar-refractivity contribution in [3.63, 3.8) is 0 Å². The molecule has 0 radical (unpaired) electrons. The summed E-state index contributed by atoms with van der Waals surface area (Å²) in [6.07, 6.45) is -0.168. The van der Waals surface area contributed by atoms with E-state index in [4.69, 9.17) is 0 Å². The quantitative estimate of drug-likeness (QED) is 0.477. The van der Waals surface area contributed by atoms with Crippen molar-refractivity contribution in [3.05, 3.63) is 0 Å². The van der Waals surface area contributed by atoms with Crippen LogP contribution in [0, 0.1) is 16.7 Å². The van der Waals surface area contributed by atoms with E-state index < -0.39 is 58.1 Å². The molecular weight excluding hydrogens is 358 g/mol. The summed E-state index contributed by atoms with van der Waals surface area (Å²) in [6, 6.07) is 0. The zero-order chi connectivity index (χ0) is 21.6. The van der Waals surface area contributed by atoms with Crippen molar-refractivity contribution in [2.45, 2.75) is 65.0 Å². The lowest BCUT2D eigenvalue weighted by molar-refractivity contribution is -0.207. The smallest absolute Gasteiger partial charge is 0.333 e. The van der Waals surface area contributed by atoms with E-state index in [1.54, 1.807) is 0 Å². The van der Waals surface area contributed by atoms with Gasteiger partial charge in [-0.3, -0.25) is 24.1 Å². The Morgan fingerprint density at radius 3 is 1.41 bits per heavy atom. The molecule has 1 fully saturated rings. The summed E-state index contributed by atoms with van der Waals surface area (Å²) in [4.78, 5) is 50.5. The van der Waals surface area contributed by atoms with Gasteiger partial charge in [0.15, 0.2) is 0 Å². The summed E-state index contributed by atoms with van der Waals surface area (Å²) in [5.74, 6) is -9.24. The molecule has 9 nitrogen and oxygen atoms in total. The molecule has 0 amide bonds. The second-order valence-corrected chi connectivity index (χ2v) is 8.58. The van der Waals surface area contributed by atoms with Crippen LogP contribution >= 0.6 is 0 Å². The highest BCUT2D eigenvalue weighted by atomic mass is 16.4. The molecule has 1 aliphatic heterocycles. The van der Waals surface area contributed by atoms with E-state index in [0.717, 1.165) is 0 Å². The minimum atomic E-state index is -3.50. The Morgan fingerprint density at radius 1 is 0.852 bits per heavy atom. The first kappa shape index (κ1) is 22.9. The van der Waals surface area contributed by atoms with Gasteiger partial charge in [0, 0.05) is 11.1 Å². The van der Waals surface area contributed by atoms with Crippen LogP contribution in [0.3, 0.4) is 0 Å². The standard InChI is InChI=1S/C18H29NO8/c1-7-17(11(20)21,18(12(22)23,13(24)25)14(26)27)10-8-15(2,3)19(6)16(4,5)9-10/h10H,7-9H2,1-6H3,(H,20,21)(H,22,23)(H,24,25)(H,26,27). The maximum atomic E-state index is 12.4. The van der Waals surface area contributed by atoms with E-state index in [1.807, 2.05) is 39.6 Å². The third-order valence-corrected chi connectivity index (χ3v) is 6.58. The number of carbonyl (C=O) groups is 4. The first-order valence-electron chi connectivity index (χ1n) is 8.73. The fourth-order valence-electron chi connectivity index (χ4n) is 4.91. The molecule has 0 saturated carbocycles. The largest absolute Gasteiger partial charge is 0.481 e. The topological polar surface area (TPSA) is 152 Å². The maximum absolute atomic E-state index is 12.4. The average molecular weight is 387 g/mol. The van der Waals surface area contributed by atoms with Gasteiger partial charge >= 0.3 is 23.9 Å². The Kier molecular flexibility index (Phi) is 5.74. The molecule has 27 heavy (non-hydrogen) atoms. The first-order valence-corrected chi connectivity index (χ1v) is 8.73. The zero-order valence-corrected chi connectivity index (χ0v) is 16.6.